The summed E-state index contributed by atoms with van der Waals surface area (Å²) < 4.78 is 8.78. The van der Waals surface area contributed by atoms with Gasteiger partial charge < -0.3 is 4.74 Å². The normalized spacial score (nSPS) is 14.1. The number of benzene rings is 4. The standard InChI is InChI=1S/C32H26Br2N4O4/c33-24-13-14-28-27(16-24)32(39)37(31(36-28)21-8-2-1-3-9-21)35-18-23-15-25(34)17-29(38(40)41)30(23)42-19-22-11-6-10-20-7-4-5-12-26(20)22/h4-7,10-18,21H,1-3,8-9,19H2. The van der Waals surface area contributed by atoms with E-state index in [1.807, 2.05) is 54.6 Å². The summed E-state index contributed by atoms with van der Waals surface area (Å²) >= 11 is 6.85. The van der Waals surface area contributed by atoms with Crippen LogP contribution in [0.25, 0.3) is 21.7 Å². The van der Waals surface area contributed by atoms with Gasteiger partial charge in [0.25, 0.3) is 5.56 Å². The average Bonchev–Trinajstić information content (AvgIpc) is 3.00. The number of hydrogen-bond acceptors (Lipinski definition) is 6. The van der Waals surface area contributed by atoms with Crippen LogP contribution in [0.15, 0.2) is 91.6 Å². The molecule has 1 fully saturated rings. The first-order chi connectivity index (χ1) is 20.4. The minimum Gasteiger partial charge on any atom is -0.481 e. The summed E-state index contributed by atoms with van der Waals surface area (Å²) in [6.45, 7) is 0.115. The lowest BCUT2D eigenvalue weighted by molar-refractivity contribution is -0.386. The topological polar surface area (TPSA) is 99.6 Å². The maximum absolute atomic E-state index is 13.8. The molecule has 0 N–H and O–H groups in total. The highest BCUT2D eigenvalue weighted by molar-refractivity contribution is 9.10. The van der Waals surface area contributed by atoms with Crippen LogP contribution >= 0.6 is 31.9 Å². The second-order valence-corrected chi connectivity index (χ2v) is 12.2. The Morgan fingerprint density at radius 1 is 0.976 bits per heavy atom. The number of ether oxygens (including phenoxy) is 1. The van der Waals surface area contributed by atoms with Gasteiger partial charge in [-0.05, 0) is 53.4 Å². The van der Waals surface area contributed by atoms with Gasteiger partial charge in [0.2, 0.25) is 5.75 Å². The highest BCUT2D eigenvalue weighted by Crippen LogP contribution is 2.36. The fourth-order valence-corrected chi connectivity index (χ4v) is 6.40. The second-order valence-electron chi connectivity index (χ2n) is 10.4. The molecule has 0 amide bonds. The van der Waals surface area contributed by atoms with Crippen LogP contribution < -0.4 is 10.3 Å². The molecule has 0 atom stereocenters. The monoisotopic (exact) mass is 688 g/mol. The number of aromatic nitrogens is 2. The number of nitrogens with zero attached hydrogens (tertiary/aromatic N) is 4. The first-order valence-corrected chi connectivity index (χ1v) is 15.3. The van der Waals surface area contributed by atoms with Crippen molar-refractivity contribution in [1.82, 2.24) is 9.66 Å². The summed E-state index contributed by atoms with van der Waals surface area (Å²) in [6, 6.07) is 22.4. The van der Waals surface area contributed by atoms with E-state index in [1.54, 1.807) is 12.1 Å². The molecule has 5 aromatic rings. The number of rotatable bonds is 7. The lowest BCUT2D eigenvalue weighted by Gasteiger charge is -2.22. The molecule has 0 bridgehead atoms. The van der Waals surface area contributed by atoms with Crippen molar-refractivity contribution in [3.8, 4) is 5.75 Å². The average molecular weight is 690 g/mol. The van der Waals surface area contributed by atoms with E-state index in [0.717, 1.165) is 52.9 Å². The van der Waals surface area contributed by atoms with Gasteiger partial charge in [0, 0.05) is 26.5 Å². The Morgan fingerprint density at radius 2 is 1.76 bits per heavy atom. The zero-order valence-electron chi connectivity index (χ0n) is 22.5. The van der Waals surface area contributed by atoms with E-state index < -0.39 is 4.92 Å². The Hall–Kier alpha value is -3.89. The summed E-state index contributed by atoms with van der Waals surface area (Å²) in [5.41, 5.74) is 1.39. The van der Waals surface area contributed by atoms with E-state index >= 15 is 0 Å². The predicted octanol–water partition coefficient (Wildman–Crippen LogP) is 8.49. The van der Waals surface area contributed by atoms with Gasteiger partial charge in [-0.2, -0.15) is 9.78 Å². The molecular formula is C32H26Br2N4O4. The molecule has 0 saturated heterocycles. The first-order valence-electron chi connectivity index (χ1n) is 13.7. The number of fused-ring (bicyclic) bond motifs is 2. The minimum atomic E-state index is -0.477. The molecule has 8 nitrogen and oxygen atoms in total. The van der Waals surface area contributed by atoms with Gasteiger partial charge in [-0.1, -0.05) is 93.6 Å². The molecule has 1 saturated carbocycles. The van der Waals surface area contributed by atoms with Gasteiger partial charge in [-0.3, -0.25) is 14.9 Å². The van der Waals surface area contributed by atoms with Crippen LogP contribution in [0.3, 0.4) is 0 Å². The van der Waals surface area contributed by atoms with Crippen molar-refractivity contribution in [2.45, 2.75) is 44.6 Å². The highest BCUT2D eigenvalue weighted by Gasteiger charge is 2.24. The van der Waals surface area contributed by atoms with E-state index in [-0.39, 0.29) is 29.5 Å². The maximum atomic E-state index is 13.8. The van der Waals surface area contributed by atoms with Crippen molar-refractivity contribution < 1.29 is 9.66 Å². The van der Waals surface area contributed by atoms with Crippen molar-refractivity contribution in [3.05, 3.63) is 119 Å². The van der Waals surface area contributed by atoms with Crippen LogP contribution in [0.1, 0.15) is 55.0 Å². The van der Waals surface area contributed by atoms with Gasteiger partial charge >= 0.3 is 5.69 Å². The quantitative estimate of drug-likeness (QED) is 0.0969. The third-order valence-corrected chi connectivity index (χ3v) is 8.58. The van der Waals surface area contributed by atoms with E-state index in [9.17, 15) is 14.9 Å². The summed E-state index contributed by atoms with van der Waals surface area (Å²) in [6.07, 6.45) is 6.58. The van der Waals surface area contributed by atoms with Crippen LogP contribution in [0.2, 0.25) is 0 Å². The van der Waals surface area contributed by atoms with E-state index in [4.69, 9.17) is 9.72 Å². The Kier molecular flexibility index (Phi) is 8.17. The summed E-state index contributed by atoms with van der Waals surface area (Å²) in [4.78, 5) is 30.3. The summed E-state index contributed by atoms with van der Waals surface area (Å²) in [7, 11) is 0. The van der Waals surface area contributed by atoms with Gasteiger partial charge in [0.05, 0.1) is 22.0 Å². The molecule has 0 unspecified atom stereocenters. The van der Waals surface area contributed by atoms with Gasteiger partial charge in [0.15, 0.2) is 0 Å². The minimum absolute atomic E-state index is 0.0728. The van der Waals surface area contributed by atoms with Gasteiger partial charge in [0.1, 0.15) is 12.4 Å². The Labute approximate surface area is 258 Å². The molecule has 1 aliphatic rings. The van der Waals surface area contributed by atoms with Crippen molar-refractivity contribution >= 4 is 65.4 Å². The largest absolute Gasteiger partial charge is 0.481 e. The smallest absolute Gasteiger partial charge is 0.312 e. The third kappa shape index (κ3) is 5.73. The molecule has 10 heteroatoms. The Balaban J connectivity index is 1.45. The molecule has 0 spiro atoms. The molecule has 1 aromatic heterocycles. The molecular weight excluding hydrogens is 664 g/mol. The van der Waals surface area contributed by atoms with Gasteiger partial charge in [-0.25, -0.2) is 4.98 Å². The van der Waals surface area contributed by atoms with E-state index in [2.05, 4.69) is 37.0 Å². The summed E-state index contributed by atoms with van der Waals surface area (Å²) in [5, 5.41) is 19.2. The van der Waals surface area contributed by atoms with Crippen LogP contribution in [0.5, 0.6) is 5.75 Å². The second kappa shape index (κ2) is 12.1. The van der Waals surface area contributed by atoms with E-state index in [1.165, 1.54) is 17.0 Å². The molecule has 42 heavy (non-hydrogen) atoms. The SMILES string of the molecule is O=c1c2cc(Br)ccc2nc(C2CCCCC2)n1N=Cc1cc(Br)cc([N+](=O)[O-])c1OCc1cccc2ccccc12. The number of nitro benzene ring substituents is 1. The maximum Gasteiger partial charge on any atom is 0.312 e. The zero-order valence-corrected chi connectivity index (χ0v) is 25.7. The zero-order chi connectivity index (χ0) is 29.2. The molecule has 6 rings (SSSR count). The highest BCUT2D eigenvalue weighted by atomic mass is 79.9. The number of hydrogen-bond donors (Lipinski definition) is 0. The molecule has 0 aliphatic heterocycles. The van der Waals surface area contributed by atoms with Crippen LogP contribution in [0, 0.1) is 10.1 Å². The van der Waals surface area contributed by atoms with Crippen LogP contribution in [-0.4, -0.2) is 20.8 Å². The molecule has 4 aromatic carbocycles. The summed E-state index contributed by atoms with van der Waals surface area (Å²) in [5.74, 6) is 0.771. The molecule has 1 heterocycles. The van der Waals surface area contributed by atoms with Crippen molar-refractivity contribution in [1.29, 1.82) is 0 Å². The van der Waals surface area contributed by atoms with Crippen molar-refractivity contribution in [3.63, 3.8) is 0 Å². The molecule has 212 valence electrons. The van der Waals surface area contributed by atoms with Crippen molar-refractivity contribution in [2.75, 3.05) is 0 Å². The Bertz CT molecular complexity index is 1910. The lowest BCUT2D eigenvalue weighted by atomic mass is 9.88. The number of nitro groups is 1. The Morgan fingerprint density at radius 3 is 2.57 bits per heavy atom. The number of halogens is 2. The molecule has 0 radical (unpaired) electrons. The predicted molar refractivity (Wildman–Crippen MR) is 172 cm³/mol. The fourth-order valence-electron chi connectivity index (χ4n) is 5.58. The van der Waals surface area contributed by atoms with Crippen LogP contribution in [0.4, 0.5) is 5.69 Å². The molecule has 1 aliphatic carbocycles. The van der Waals surface area contributed by atoms with Gasteiger partial charge in [-0.15, -0.1) is 0 Å². The fraction of sp³-hybridized carbons (Fsp3) is 0.219. The lowest BCUT2D eigenvalue weighted by Crippen LogP contribution is -2.25. The first kappa shape index (κ1) is 28.2. The van der Waals surface area contributed by atoms with Crippen molar-refractivity contribution in [2.24, 2.45) is 5.10 Å². The third-order valence-electron chi connectivity index (χ3n) is 7.63. The van der Waals surface area contributed by atoms with Crippen LogP contribution in [-0.2, 0) is 6.61 Å². The van der Waals surface area contributed by atoms with E-state index in [0.29, 0.717) is 26.8 Å².